The number of hydrogen-bond acceptors (Lipinski definition) is 2. The first-order chi connectivity index (χ1) is 6.90. The van der Waals surface area contributed by atoms with Crippen LogP contribution in [0.25, 0.3) is 0 Å². The van der Waals surface area contributed by atoms with Crippen LogP contribution in [-0.4, -0.2) is 36.6 Å². The predicted molar refractivity (Wildman–Crippen MR) is 65.0 cm³/mol. The zero-order valence-corrected chi connectivity index (χ0v) is 10.9. The van der Waals surface area contributed by atoms with Gasteiger partial charge in [0.2, 0.25) is 0 Å². The van der Waals surface area contributed by atoms with E-state index < -0.39 is 0 Å². The molecule has 88 valence electrons. The fourth-order valence-corrected chi connectivity index (χ4v) is 2.78. The number of hydrogen-bond donors (Lipinski definition) is 1. The highest BCUT2D eigenvalue weighted by molar-refractivity contribution is 5.04. The zero-order chi connectivity index (χ0) is 11.2. The highest BCUT2D eigenvalue weighted by atomic mass is 15.2. The summed E-state index contributed by atoms with van der Waals surface area (Å²) in [4.78, 5) is 2.49. The Kier molecular flexibility index (Phi) is 2.85. The molecule has 4 unspecified atom stereocenters. The molecule has 0 radical (unpaired) electrons. The van der Waals surface area contributed by atoms with Gasteiger partial charge in [-0.05, 0) is 38.1 Å². The average molecular weight is 210 g/mol. The van der Waals surface area contributed by atoms with Crippen LogP contribution >= 0.6 is 0 Å². The quantitative estimate of drug-likeness (QED) is 0.751. The van der Waals surface area contributed by atoms with Crippen molar-refractivity contribution in [3.05, 3.63) is 0 Å². The molecule has 0 amide bonds. The molecular formula is C13H26N2. The molecule has 1 aliphatic heterocycles. The Balaban J connectivity index is 1.87. The van der Waals surface area contributed by atoms with E-state index in [1.807, 2.05) is 0 Å². The Hall–Kier alpha value is -0.0800. The van der Waals surface area contributed by atoms with E-state index in [0.717, 1.165) is 24.0 Å². The van der Waals surface area contributed by atoms with Crippen LogP contribution in [0.2, 0.25) is 0 Å². The molecule has 1 heterocycles. The lowest BCUT2D eigenvalue weighted by molar-refractivity contribution is 0.119. The fraction of sp³-hybridized carbons (Fsp3) is 1.00. The summed E-state index contributed by atoms with van der Waals surface area (Å²) < 4.78 is 0. The largest absolute Gasteiger partial charge is 0.310 e. The van der Waals surface area contributed by atoms with Crippen LogP contribution in [0.4, 0.5) is 0 Å². The number of likely N-dealkylation sites (tertiary alicyclic amines) is 1. The molecule has 2 fully saturated rings. The molecule has 1 saturated carbocycles. The summed E-state index contributed by atoms with van der Waals surface area (Å²) >= 11 is 0. The van der Waals surface area contributed by atoms with Gasteiger partial charge in [0.15, 0.2) is 0 Å². The van der Waals surface area contributed by atoms with Gasteiger partial charge in [-0.3, -0.25) is 0 Å². The van der Waals surface area contributed by atoms with E-state index in [0.29, 0.717) is 5.41 Å². The Labute approximate surface area is 94.4 Å². The van der Waals surface area contributed by atoms with Crippen molar-refractivity contribution in [2.45, 2.75) is 58.7 Å². The summed E-state index contributed by atoms with van der Waals surface area (Å²) in [7, 11) is 2.25. The van der Waals surface area contributed by atoms with Crippen LogP contribution in [0.15, 0.2) is 0 Å². The first kappa shape index (κ1) is 11.4. The standard InChI is InChI=1S/C13H26N2/c1-9-8-15(5)10(2)6-11(9)14-12-7-13(12,3)4/h9-12,14H,6-8H2,1-5H3. The first-order valence-electron chi connectivity index (χ1n) is 6.36. The lowest BCUT2D eigenvalue weighted by Crippen LogP contribution is -2.51. The topological polar surface area (TPSA) is 15.3 Å². The van der Waals surface area contributed by atoms with Gasteiger partial charge in [0.05, 0.1) is 0 Å². The van der Waals surface area contributed by atoms with Gasteiger partial charge in [0.1, 0.15) is 0 Å². The number of nitrogens with zero attached hydrogens (tertiary/aromatic N) is 1. The van der Waals surface area contributed by atoms with Crippen molar-refractivity contribution in [2.24, 2.45) is 11.3 Å². The normalized spacial score (nSPS) is 45.4. The minimum Gasteiger partial charge on any atom is -0.310 e. The molecule has 1 N–H and O–H groups in total. The van der Waals surface area contributed by atoms with Crippen molar-refractivity contribution >= 4 is 0 Å². The third-order valence-electron chi connectivity index (χ3n) is 4.54. The molecule has 2 aliphatic rings. The Bertz CT molecular complexity index is 237. The van der Waals surface area contributed by atoms with Gasteiger partial charge in [-0.2, -0.15) is 0 Å². The summed E-state index contributed by atoms with van der Waals surface area (Å²) in [6.07, 6.45) is 2.67. The van der Waals surface area contributed by atoms with Gasteiger partial charge in [0.25, 0.3) is 0 Å². The van der Waals surface area contributed by atoms with Crippen molar-refractivity contribution < 1.29 is 0 Å². The van der Waals surface area contributed by atoms with Crippen LogP contribution in [-0.2, 0) is 0 Å². The van der Waals surface area contributed by atoms with E-state index in [1.54, 1.807) is 0 Å². The maximum Gasteiger partial charge on any atom is 0.0127 e. The number of nitrogens with one attached hydrogen (secondary N) is 1. The van der Waals surface area contributed by atoms with E-state index in [9.17, 15) is 0 Å². The zero-order valence-electron chi connectivity index (χ0n) is 10.9. The van der Waals surface area contributed by atoms with Crippen molar-refractivity contribution in [1.29, 1.82) is 0 Å². The predicted octanol–water partition coefficient (Wildman–Crippen LogP) is 2.10. The molecule has 0 spiro atoms. The fourth-order valence-electron chi connectivity index (χ4n) is 2.78. The van der Waals surface area contributed by atoms with Gasteiger partial charge >= 0.3 is 0 Å². The molecule has 1 saturated heterocycles. The van der Waals surface area contributed by atoms with Crippen LogP contribution in [0.3, 0.4) is 0 Å². The number of piperidine rings is 1. The van der Waals surface area contributed by atoms with E-state index in [-0.39, 0.29) is 0 Å². The van der Waals surface area contributed by atoms with Crippen molar-refractivity contribution in [1.82, 2.24) is 10.2 Å². The maximum atomic E-state index is 3.86. The summed E-state index contributed by atoms with van der Waals surface area (Å²) in [5.74, 6) is 0.794. The molecule has 2 heteroatoms. The first-order valence-corrected chi connectivity index (χ1v) is 6.36. The van der Waals surface area contributed by atoms with Crippen molar-refractivity contribution in [3.8, 4) is 0 Å². The van der Waals surface area contributed by atoms with Crippen LogP contribution < -0.4 is 5.32 Å². The smallest absolute Gasteiger partial charge is 0.0127 e. The molecule has 0 aromatic carbocycles. The summed E-state index contributed by atoms with van der Waals surface area (Å²) in [5.41, 5.74) is 0.562. The Morgan fingerprint density at radius 3 is 2.40 bits per heavy atom. The minimum atomic E-state index is 0.562. The minimum absolute atomic E-state index is 0.562. The molecule has 4 atom stereocenters. The van der Waals surface area contributed by atoms with E-state index >= 15 is 0 Å². The second-order valence-electron chi connectivity index (χ2n) is 6.52. The third kappa shape index (κ3) is 2.36. The van der Waals surface area contributed by atoms with Gasteiger partial charge < -0.3 is 10.2 Å². The Morgan fingerprint density at radius 2 is 1.87 bits per heavy atom. The van der Waals surface area contributed by atoms with Crippen molar-refractivity contribution in [2.75, 3.05) is 13.6 Å². The molecular weight excluding hydrogens is 184 g/mol. The Morgan fingerprint density at radius 1 is 1.27 bits per heavy atom. The van der Waals surface area contributed by atoms with E-state index in [2.05, 4.69) is 45.0 Å². The van der Waals surface area contributed by atoms with Gasteiger partial charge in [0, 0.05) is 24.7 Å². The highest BCUT2D eigenvalue weighted by Crippen LogP contribution is 2.45. The lowest BCUT2D eigenvalue weighted by atomic mass is 9.89. The van der Waals surface area contributed by atoms with Gasteiger partial charge in [-0.25, -0.2) is 0 Å². The second kappa shape index (κ2) is 3.74. The molecule has 2 rings (SSSR count). The molecule has 2 nitrogen and oxygen atoms in total. The second-order valence-corrected chi connectivity index (χ2v) is 6.52. The highest BCUT2D eigenvalue weighted by Gasteiger charge is 2.47. The van der Waals surface area contributed by atoms with Crippen LogP contribution in [0, 0.1) is 11.3 Å². The summed E-state index contributed by atoms with van der Waals surface area (Å²) in [6.45, 7) is 10.7. The molecule has 0 aromatic rings. The average Bonchev–Trinajstić information content (AvgIpc) is 2.70. The lowest BCUT2D eigenvalue weighted by Gasteiger charge is -2.40. The van der Waals surface area contributed by atoms with Crippen molar-refractivity contribution in [3.63, 3.8) is 0 Å². The molecule has 0 bridgehead atoms. The van der Waals surface area contributed by atoms with Gasteiger partial charge in [-0.15, -0.1) is 0 Å². The van der Waals surface area contributed by atoms with E-state index in [4.69, 9.17) is 0 Å². The SMILES string of the molecule is CC1CN(C)C(C)CC1NC1CC1(C)C. The monoisotopic (exact) mass is 210 g/mol. The van der Waals surface area contributed by atoms with Crippen LogP contribution in [0.1, 0.15) is 40.5 Å². The third-order valence-corrected chi connectivity index (χ3v) is 4.54. The number of rotatable bonds is 2. The van der Waals surface area contributed by atoms with E-state index in [1.165, 1.54) is 19.4 Å². The van der Waals surface area contributed by atoms with Crippen LogP contribution in [0.5, 0.6) is 0 Å². The van der Waals surface area contributed by atoms with Gasteiger partial charge in [-0.1, -0.05) is 20.8 Å². The molecule has 1 aliphatic carbocycles. The summed E-state index contributed by atoms with van der Waals surface area (Å²) in [6, 6.07) is 2.25. The molecule has 0 aromatic heterocycles. The summed E-state index contributed by atoms with van der Waals surface area (Å²) in [5, 5.41) is 3.86. The maximum absolute atomic E-state index is 3.86. The molecule has 15 heavy (non-hydrogen) atoms.